The van der Waals surface area contributed by atoms with Gasteiger partial charge in [-0.25, -0.2) is 4.98 Å². The van der Waals surface area contributed by atoms with E-state index in [1.54, 1.807) is 6.92 Å². The lowest BCUT2D eigenvalue weighted by Crippen LogP contribution is -2.33. The number of terminal acetylenes is 1. The van der Waals surface area contributed by atoms with Crippen LogP contribution in [0.2, 0.25) is 0 Å². The summed E-state index contributed by atoms with van der Waals surface area (Å²) >= 11 is 0. The zero-order valence-corrected chi connectivity index (χ0v) is 8.91. The van der Waals surface area contributed by atoms with Gasteiger partial charge in [0.25, 0.3) is 5.91 Å². The predicted octanol–water partition coefficient (Wildman–Crippen LogP) is 1.51. The first kappa shape index (κ1) is 11.3. The van der Waals surface area contributed by atoms with Gasteiger partial charge in [-0.15, -0.1) is 6.42 Å². The molecule has 0 radical (unpaired) electrons. The molecule has 4 nitrogen and oxygen atoms in total. The minimum atomic E-state index is -0.304. The second kappa shape index (κ2) is 5.20. The fraction of sp³-hybridized carbons (Fsp3) is 0.455. The van der Waals surface area contributed by atoms with E-state index < -0.39 is 0 Å². The Kier molecular flexibility index (Phi) is 3.92. The monoisotopic (exact) mass is 206 g/mol. The molecule has 0 aromatic carbocycles. The Hall–Kier alpha value is -1.76. The summed E-state index contributed by atoms with van der Waals surface area (Å²) in [7, 11) is 0. The summed E-state index contributed by atoms with van der Waals surface area (Å²) < 4.78 is 4.96. The van der Waals surface area contributed by atoms with Crippen LogP contribution in [0, 0.1) is 19.3 Å². The standard InChI is InChI=1S/C11H14N2O2/c1-4-6-9(5-2)13-11(14)10-8(3)12-7-15-10/h2,7,9H,4,6H2,1,3H3,(H,13,14). The smallest absolute Gasteiger partial charge is 0.289 e. The molecular formula is C11H14N2O2. The van der Waals surface area contributed by atoms with Gasteiger partial charge in [0, 0.05) is 0 Å². The average Bonchev–Trinajstić information content (AvgIpc) is 2.63. The molecule has 1 N–H and O–H groups in total. The van der Waals surface area contributed by atoms with E-state index in [0.717, 1.165) is 12.8 Å². The number of aryl methyl sites for hydroxylation is 1. The molecule has 0 aliphatic heterocycles. The summed E-state index contributed by atoms with van der Waals surface area (Å²) in [6.07, 6.45) is 8.21. The normalized spacial score (nSPS) is 11.8. The fourth-order valence-electron chi connectivity index (χ4n) is 1.23. The zero-order valence-electron chi connectivity index (χ0n) is 8.91. The van der Waals surface area contributed by atoms with E-state index in [9.17, 15) is 4.79 Å². The Morgan fingerprint density at radius 3 is 3.00 bits per heavy atom. The molecule has 0 bridgehead atoms. The highest BCUT2D eigenvalue weighted by Gasteiger charge is 2.16. The third-order valence-corrected chi connectivity index (χ3v) is 2.04. The molecule has 80 valence electrons. The average molecular weight is 206 g/mol. The summed E-state index contributed by atoms with van der Waals surface area (Å²) in [5.74, 6) is 2.45. The summed E-state index contributed by atoms with van der Waals surface area (Å²) in [4.78, 5) is 15.5. The molecule has 1 rings (SSSR count). The van der Waals surface area contributed by atoms with Crippen LogP contribution in [0.4, 0.5) is 0 Å². The van der Waals surface area contributed by atoms with Gasteiger partial charge in [0.1, 0.15) is 0 Å². The quantitative estimate of drug-likeness (QED) is 0.760. The Balaban J connectivity index is 2.64. The van der Waals surface area contributed by atoms with Crippen LogP contribution in [0.15, 0.2) is 10.8 Å². The molecule has 0 aliphatic carbocycles. The van der Waals surface area contributed by atoms with Crippen LogP contribution < -0.4 is 5.32 Å². The number of aromatic nitrogens is 1. The highest BCUT2D eigenvalue weighted by molar-refractivity contribution is 5.92. The molecule has 0 saturated carbocycles. The maximum atomic E-state index is 11.6. The Morgan fingerprint density at radius 2 is 2.53 bits per heavy atom. The summed E-state index contributed by atoms with van der Waals surface area (Å²) in [6, 6.07) is -0.244. The first-order valence-corrected chi connectivity index (χ1v) is 4.86. The first-order chi connectivity index (χ1) is 7.19. The van der Waals surface area contributed by atoms with Gasteiger partial charge < -0.3 is 9.73 Å². The SMILES string of the molecule is C#CC(CCC)NC(=O)c1ocnc1C. The van der Waals surface area contributed by atoms with E-state index >= 15 is 0 Å². The molecule has 4 heteroatoms. The fourth-order valence-corrected chi connectivity index (χ4v) is 1.23. The van der Waals surface area contributed by atoms with Crippen molar-refractivity contribution in [3.63, 3.8) is 0 Å². The van der Waals surface area contributed by atoms with Gasteiger partial charge in [-0.3, -0.25) is 4.79 Å². The minimum Gasteiger partial charge on any atom is -0.438 e. The number of nitrogens with zero attached hydrogens (tertiary/aromatic N) is 1. The molecular weight excluding hydrogens is 192 g/mol. The van der Waals surface area contributed by atoms with Crippen LogP contribution in [-0.4, -0.2) is 16.9 Å². The van der Waals surface area contributed by atoms with E-state index in [1.165, 1.54) is 6.39 Å². The van der Waals surface area contributed by atoms with Crippen LogP contribution in [0.3, 0.4) is 0 Å². The number of nitrogens with one attached hydrogen (secondary N) is 1. The van der Waals surface area contributed by atoms with E-state index in [1.807, 2.05) is 6.92 Å². The van der Waals surface area contributed by atoms with Crippen molar-refractivity contribution < 1.29 is 9.21 Å². The van der Waals surface area contributed by atoms with E-state index in [-0.39, 0.29) is 17.7 Å². The molecule has 1 amide bonds. The van der Waals surface area contributed by atoms with Crippen LogP contribution in [0.25, 0.3) is 0 Å². The van der Waals surface area contributed by atoms with E-state index in [4.69, 9.17) is 10.8 Å². The first-order valence-electron chi connectivity index (χ1n) is 4.86. The van der Waals surface area contributed by atoms with Crippen LogP contribution >= 0.6 is 0 Å². The molecule has 0 aliphatic rings. The van der Waals surface area contributed by atoms with E-state index in [0.29, 0.717) is 5.69 Å². The number of oxazole rings is 1. The van der Waals surface area contributed by atoms with Crippen molar-refractivity contribution in [1.82, 2.24) is 10.3 Å². The summed E-state index contributed by atoms with van der Waals surface area (Å²) in [5, 5.41) is 2.70. The molecule has 15 heavy (non-hydrogen) atoms. The number of hydrogen-bond acceptors (Lipinski definition) is 3. The molecule has 1 aromatic heterocycles. The Morgan fingerprint density at radius 1 is 1.80 bits per heavy atom. The number of rotatable bonds is 4. The highest BCUT2D eigenvalue weighted by atomic mass is 16.3. The second-order valence-corrected chi connectivity index (χ2v) is 3.25. The summed E-state index contributed by atoms with van der Waals surface area (Å²) in [6.45, 7) is 3.72. The molecule has 1 heterocycles. The topological polar surface area (TPSA) is 55.1 Å². The van der Waals surface area contributed by atoms with Crippen LogP contribution in [0.1, 0.15) is 36.0 Å². The van der Waals surface area contributed by atoms with Crippen LogP contribution in [-0.2, 0) is 0 Å². The third-order valence-electron chi connectivity index (χ3n) is 2.04. The molecule has 0 fully saturated rings. The minimum absolute atomic E-state index is 0.228. The third kappa shape index (κ3) is 2.84. The van der Waals surface area contributed by atoms with Gasteiger partial charge in [0.2, 0.25) is 5.76 Å². The number of carbonyl (C=O) groups excluding carboxylic acids is 1. The Bertz CT molecular complexity index is 376. The van der Waals surface area contributed by atoms with Crippen molar-refractivity contribution in [2.75, 3.05) is 0 Å². The van der Waals surface area contributed by atoms with Gasteiger partial charge in [0.05, 0.1) is 11.7 Å². The zero-order chi connectivity index (χ0) is 11.3. The van der Waals surface area contributed by atoms with Gasteiger partial charge in [0.15, 0.2) is 6.39 Å². The molecule has 0 spiro atoms. The van der Waals surface area contributed by atoms with Gasteiger partial charge in [-0.1, -0.05) is 19.3 Å². The predicted molar refractivity (Wildman–Crippen MR) is 56.2 cm³/mol. The lowest BCUT2D eigenvalue weighted by atomic mass is 10.2. The van der Waals surface area contributed by atoms with Crippen LogP contribution in [0.5, 0.6) is 0 Å². The summed E-state index contributed by atoms with van der Waals surface area (Å²) in [5.41, 5.74) is 0.569. The van der Waals surface area contributed by atoms with Crippen molar-refractivity contribution >= 4 is 5.91 Å². The maximum Gasteiger partial charge on any atom is 0.289 e. The maximum absolute atomic E-state index is 11.6. The number of amides is 1. The number of carbonyl (C=O) groups is 1. The van der Waals surface area contributed by atoms with Gasteiger partial charge in [-0.05, 0) is 13.3 Å². The molecule has 0 saturated heterocycles. The van der Waals surface area contributed by atoms with Crippen molar-refractivity contribution in [3.05, 3.63) is 17.8 Å². The van der Waals surface area contributed by atoms with Crippen molar-refractivity contribution in [2.45, 2.75) is 32.7 Å². The highest BCUT2D eigenvalue weighted by Crippen LogP contribution is 2.05. The van der Waals surface area contributed by atoms with Crippen molar-refractivity contribution in [1.29, 1.82) is 0 Å². The Labute approximate surface area is 89.1 Å². The van der Waals surface area contributed by atoms with Gasteiger partial charge >= 0.3 is 0 Å². The molecule has 1 aromatic rings. The molecule has 1 atom stereocenters. The largest absolute Gasteiger partial charge is 0.438 e. The lowest BCUT2D eigenvalue weighted by molar-refractivity contribution is 0.0915. The van der Waals surface area contributed by atoms with Crippen molar-refractivity contribution in [2.24, 2.45) is 0 Å². The second-order valence-electron chi connectivity index (χ2n) is 3.25. The lowest BCUT2D eigenvalue weighted by Gasteiger charge is -2.10. The van der Waals surface area contributed by atoms with Gasteiger partial charge in [-0.2, -0.15) is 0 Å². The van der Waals surface area contributed by atoms with Crippen molar-refractivity contribution in [3.8, 4) is 12.3 Å². The number of hydrogen-bond donors (Lipinski definition) is 1. The van der Waals surface area contributed by atoms with E-state index in [2.05, 4.69) is 16.2 Å². The molecule has 1 unspecified atom stereocenters.